The number of carbonyl (C=O) groups is 1. The standard InChI is InChI=1S/C18H19NO/c1-13-6-5-9-16(12-13)18(20)19-17(15-10-11-15)14-7-3-2-4-8-14/h2-9,12,15,17H,10-11H2,1H3,(H,19,20)/t17-/m1/s1. The van der Waals surface area contributed by atoms with Crippen LogP contribution >= 0.6 is 0 Å². The maximum Gasteiger partial charge on any atom is 0.251 e. The summed E-state index contributed by atoms with van der Waals surface area (Å²) in [4.78, 5) is 12.4. The van der Waals surface area contributed by atoms with Crippen molar-refractivity contribution in [2.75, 3.05) is 0 Å². The molecular formula is C18H19NO. The molecule has 1 amide bonds. The molecule has 0 aliphatic heterocycles. The molecule has 0 bridgehead atoms. The number of amides is 1. The molecule has 2 heteroatoms. The third kappa shape index (κ3) is 2.90. The van der Waals surface area contributed by atoms with Gasteiger partial charge in [-0.25, -0.2) is 0 Å². The molecule has 1 N–H and O–H groups in total. The molecule has 0 unspecified atom stereocenters. The summed E-state index contributed by atoms with van der Waals surface area (Å²) in [6.07, 6.45) is 2.40. The molecule has 1 atom stereocenters. The summed E-state index contributed by atoms with van der Waals surface area (Å²) in [5, 5.41) is 3.20. The molecule has 0 aromatic heterocycles. The summed E-state index contributed by atoms with van der Waals surface area (Å²) >= 11 is 0. The number of rotatable bonds is 4. The predicted molar refractivity (Wildman–Crippen MR) is 80.6 cm³/mol. The number of benzene rings is 2. The Balaban J connectivity index is 1.79. The highest BCUT2D eigenvalue weighted by Gasteiger charge is 2.33. The van der Waals surface area contributed by atoms with Crippen LogP contribution in [-0.2, 0) is 0 Å². The topological polar surface area (TPSA) is 29.1 Å². The first-order valence-corrected chi connectivity index (χ1v) is 7.16. The summed E-state index contributed by atoms with van der Waals surface area (Å²) < 4.78 is 0. The fourth-order valence-electron chi connectivity index (χ4n) is 2.57. The summed E-state index contributed by atoms with van der Waals surface area (Å²) in [6.45, 7) is 2.01. The van der Waals surface area contributed by atoms with Gasteiger partial charge in [0.1, 0.15) is 0 Å². The van der Waals surface area contributed by atoms with E-state index in [9.17, 15) is 4.79 Å². The molecule has 102 valence electrons. The first-order valence-electron chi connectivity index (χ1n) is 7.16. The molecule has 0 heterocycles. The largest absolute Gasteiger partial charge is 0.345 e. The van der Waals surface area contributed by atoms with Gasteiger partial charge in [0.2, 0.25) is 0 Å². The van der Waals surface area contributed by atoms with Crippen LogP contribution in [0.1, 0.15) is 40.4 Å². The monoisotopic (exact) mass is 265 g/mol. The van der Waals surface area contributed by atoms with Crippen molar-refractivity contribution in [1.82, 2.24) is 5.32 Å². The van der Waals surface area contributed by atoms with Crippen molar-refractivity contribution < 1.29 is 4.79 Å². The fraction of sp³-hybridized carbons (Fsp3) is 0.278. The van der Waals surface area contributed by atoms with Crippen LogP contribution in [-0.4, -0.2) is 5.91 Å². The highest BCUT2D eigenvalue weighted by atomic mass is 16.1. The van der Waals surface area contributed by atoms with Crippen molar-refractivity contribution in [2.45, 2.75) is 25.8 Å². The molecule has 2 aromatic carbocycles. The van der Waals surface area contributed by atoms with Crippen LogP contribution in [0.25, 0.3) is 0 Å². The first-order chi connectivity index (χ1) is 9.74. The van der Waals surface area contributed by atoms with Gasteiger partial charge in [-0.15, -0.1) is 0 Å². The van der Waals surface area contributed by atoms with Crippen LogP contribution in [0.2, 0.25) is 0 Å². The molecule has 1 saturated carbocycles. The molecule has 1 aliphatic carbocycles. The normalized spacial score (nSPS) is 15.7. The number of carbonyl (C=O) groups excluding carboxylic acids is 1. The van der Waals surface area contributed by atoms with Crippen molar-refractivity contribution in [2.24, 2.45) is 5.92 Å². The smallest absolute Gasteiger partial charge is 0.251 e. The van der Waals surface area contributed by atoms with E-state index >= 15 is 0 Å². The van der Waals surface area contributed by atoms with Crippen molar-refractivity contribution in [3.8, 4) is 0 Å². The average molecular weight is 265 g/mol. The SMILES string of the molecule is Cc1cccc(C(=O)N[C@H](c2ccccc2)C2CC2)c1. The Bertz CT molecular complexity index is 602. The summed E-state index contributed by atoms with van der Waals surface area (Å²) in [6, 6.07) is 18.2. The molecule has 20 heavy (non-hydrogen) atoms. The van der Waals surface area contributed by atoms with Crippen LogP contribution in [0.15, 0.2) is 54.6 Å². The van der Waals surface area contributed by atoms with Gasteiger partial charge in [0.05, 0.1) is 6.04 Å². The molecule has 3 rings (SSSR count). The molecule has 0 radical (unpaired) electrons. The van der Waals surface area contributed by atoms with E-state index in [1.807, 2.05) is 49.4 Å². The lowest BCUT2D eigenvalue weighted by Gasteiger charge is -2.19. The summed E-state index contributed by atoms with van der Waals surface area (Å²) in [7, 11) is 0. The molecule has 1 fully saturated rings. The van der Waals surface area contributed by atoms with Gasteiger partial charge in [-0.3, -0.25) is 4.79 Å². The van der Waals surface area contributed by atoms with Crippen LogP contribution in [0.3, 0.4) is 0 Å². The highest BCUT2D eigenvalue weighted by molar-refractivity contribution is 5.94. The maximum absolute atomic E-state index is 12.4. The van der Waals surface area contributed by atoms with Gasteiger partial charge in [0.25, 0.3) is 5.91 Å². The van der Waals surface area contributed by atoms with Crippen molar-refractivity contribution >= 4 is 5.91 Å². The fourth-order valence-corrected chi connectivity index (χ4v) is 2.57. The van der Waals surface area contributed by atoms with Crippen LogP contribution in [0, 0.1) is 12.8 Å². The Morgan fingerprint density at radius 1 is 1.10 bits per heavy atom. The number of aryl methyl sites for hydroxylation is 1. The second-order valence-corrected chi connectivity index (χ2v) is 5.57. The van der Waals surface area contributed by atoms with E-state index in [0.717, 1.165) is 11.1 Å². The van der Waals surface area contributed by atoms with Crippen LogP contribution < -0.4 is 5.32 Å². The lowest BCUT2D eigenvalue weighted by atomic mass is 10.0. The summed E-state index contributed by atoms with van der Waals surface area (Å²) in [5.74, 6) is 0.612. The van der Waals surface area contributed by atoms with Gasteiger partial charge in [-0.1, -0.05) is 48.0 Å². The Morgan fingerprint density at radius 2 is 1.85 bits per heavy atom. The van der Waals surface area contributed by atoms with E-state index in [4.69, 9.17) is 0 Å². The van der Waals surface area contributed by atoms with Gasteiger partial charge in [-0.05, 0) is 43.4 Å². The van der Waals surface area contributed by atoms with E-state index in [1.165, 1.54) is 18.4 Å². The quantitative estimate of drug-likeness (QED) is 0.893. The van der Waals surface area contributed by atoms with E-state index in [1.54, 1.807) is 0 Å². The molecule has 0 saturated heterocycles. The Kier molecular flexibility index (Phi) is 3.55. The average Bonchev–Trinajstić information content (AvgIpc) is 3.30. The molecule has 0 spiro atoms. The first kappa shape index (κ1) is 12.9. The Morgan fingerprint density at radius 3 is 2.50 bits per heavy atom. The minimum Gasteiger partial charge on any atom is -0.345 e. The number of hydrogen-bond donors (Lipinski definition) is 1. The number of hydrogen-bond acceptors (Lipinski definition) is 1. The molecular weight excluding hydrogens is 246 g/mol. The third-order valence-electron chi connectivity index (χ3n) is 3.82. The zero-order valence-electron chi connectivity index (χ0n) is 11.7. The molecule has 2 nitrogen and oxygen atoms in total. The molecule has 2 aromatic rings. The van der Waals surface area contributed by atoms with E-state index in [0.29, 0.717) is 5.92 Å². The van der Waals surface area contributed by atoms with Gasteiger partial charge >= 0.3 is 0 Å². The van der Waals surface area contributed by atoms with Gasteiger partial charge in [-0.2, -0.15) is 0 Å². The third-order valence-corrected chi connectivity index (χ3v) is 3.82. The van der Waals surface area contributed by atoms with Crippen LogP contribution in [0.4, 0.5) is 0 Å². The van der Waals surface area contributed by atoms with E-state index < -0.39 is 0 Å². The van der Waals surface area contributed by atoms with Crippen molar-refractivity contribution in [1.29, 1.82) is 0 Å². The maximum atomic E-state index is 12.4. The van der Waals surface area contributed by atoms with E-state index in [-0.39, 0.29) is 11.9 Å². The van der Waals surface area contributed by atoms with Gasteiger partial charge in [0, 0.05) is 5.56 Å². The second kappa shape index (κ2) is 5.49. The minimum absolute atomic E-state index is 0.0226. The van der Waals surface area contributed by atoms with E-state index in [2.05, 4.69) is 17.4 Å². The summed E-state index contributed by atoms with van der Waals surface area (Å²) in [5.41, 5.74) is 3.06. The van der Waals surface area contributed by atoms with Crippen LogP contribution in [0.5, 0.6) is 0 Å². The Hall–Kier alpha value is -2.09. The number of nitrogens with one attached hydrogen (secondary N) is 1. The lowest BCUT2D eigenvalue weighted by molar-refractivity contribution is 0.0931. The van der Waals surface area contributed by atoms with Crippen molar-refractivity contribution in [3.05, 3.63) is 71.3 Å². The molecule has 1 aliphatic rings. The Labute approximate surface area is 119 Å². The predicted octanol–water partition coefficient (Wildman–Crippen LogP) is 3.88. The van der Waals surface area contributed by atoms with Gasteiger partial charge in [0.15, 0.2) is 0 Å². The van der Waals surface area contributed by atoms with Gasteiger partial charge < -0.3 is 5.32 Å². The second-order valence-electron chi connectivity index (χ2n) is 5.57. The zero-order valence-corrected chi connectivity index (χ0v) is 11.7. The highest BCUT2D eigenvalue weighted by Crippen LogP contribution is 2.41. The zero-order chi connectivity index (χ0) is 13.9. The van der Waals surface area contributed by atoms with Crippen molar-refractivity contribution in [3.63, 3.8) is 0 Å². The lowest BCUT2D eigenvalue weighted by Crippen LogP contribution is -2.29. The minimum atomic E-state index is 0.0226.